The van der Waals surface area contributed by atoms with Gasteiger partial charge in [-0.3, -0.25) is 14.5 Å². The molecule has 1 saturated carbocycles. The van der Waals surface area contributed by atoms with Crippen molar-refractivity contribution in [1.82, 2.24) is 20.1 Å². The van der Waals surface area contributed by atoms with E-state index in [-0.39, 0.29) is 5.92 Å². The van der Waals surface area contributed by atoms with Crippen molar-refractivity contribution in [3.8, 4) is 28.3 Å². The third kappa shape index (κ3) is 3.89. The van der Waals surface area contributed by atoms with Crippen LogP contribution in [-0.2, 0) is 11.3 Å². The molecule has 2 aromatic carbocycles. The monoisotopic (exact) mass is 468 g/mol. The molecule has 1 aliphatic carbocycles. The second-order valence-electron chi connectivity index (χ2n) is 8.71. The Bertz CT molecular complexity index is 1210. The van der Waals surface area contributed by atoms with Gasteiger partial charge in [0.1, 0.15) is 11.5 Å². The van der Waals surface area contributed by atoms with Crippen LogP contribution < -0.4 is 10.1 Å². The number of methoxy groups -OCH3 is 1. The van der Waals surface area contributed by atoms with Gasteiger partial charge in [0.2, 0.25) is 0 Å². The summed E-state index contributed by atoms with van der Waals surface area (Å²) >= 11 is 12.0. The Kier molecular flexibility index (Phi) is 5.65. The van der Waals surface area contributed by atoms with E-state index in [1.54, 1.807) is 7.11 Å². The number of carbonyl (C=O) groups is 1. The summed E-state index contributed by atoms with van der Waals surface area (Å²) in [5.74, 6) is 2.06. The second-order valence-corrected chi connectivity index (χ2v) is 9.50. The van der Waals surface area contributed by atoms with Gasteiger partial charge in [0.25, 0.3) is 0 Å². The number of hydrogen-bond acceptors (Lipinski definition) is 5. The van der Waals surface area contributed by atoms with Crippen molar-refractivity contribution in [3.63, 3.8) is 0 Å². The number of aromatic amines is 1. The molecule has 166 valence electrons. The number of hydrogen-bond donors (Lipinski definition) is 2. The molecule has 3 aromatic rings. The van der Waals surface area contributed by atoms with Crippen LogP contribution in [0, 0.1) is 16.1 Å². The first-order valence-electron chi connectivity index (χ1n) is 10.9. The first kappa shape index (κ1) is 21.4. The van der Waals surface area contributed by atoms with Gasteiger partial charge in [0, 0.05) is 30.1 Å². The average molecular weight is 469 g/mol. The van der Waals surface area contributed by atoms with Crippen molar-refractivity contribution in [2.45, 2.75) is 25.8 Å². The van der Waals surface area contributed by atoms with Crippen LogP contribution in [0.4, 0.5) is 0 Å². The van der Waals surface area contributed by atoms with Gasteiger partial charge in [-0.15, -0.1) is 0 Å². The van der Waals surface area contributed by atoms with E-state index in [0.29, 0.717) is 28.7 Å². The van der Waals surface area contributed by atoms with Gasteiger partial charge in [0.15, 0.2) is 10.6 Å². The number of rotatable bonds is 7. The minimum Gasteiger partial charge on any atom is -0.497 e. The molecule has 2 heterocycles. The van der Waals surface area contributed by atoms with E-state index in [0.717, 1.165) is 54.1 Å². The number of ether oxygens (including phenoxy) is 1. The van der Waals surface area contributed by atoms with E-state index in [4.69, 9.17) is 28.6 Å². The fraction of sp³-hybridized carbons (Fsp3) is 0.375. The molecule has 1 atom stereocenters. The lowest BCUT2D eigenvalue weighted by molar-refractivity contribution is -0.129. The number of nitrogens with one attached hydrogen (secondary N) is 2. The maximum Gasteiger partial charge on any atom is 0.195 e. The Morgan fingerprint density at radius 1 is 1.25 bits per heavy atom. The van der Waals surface area contributed by atoms with Crippen molar-refractivity contribution in [1.29, 1.82) is 0 Å². The van der Waals surface area contributed by atoms with Crippen molar-refractivity contribution < 1.29 is 9.53 Å². The van der Waals surface area contributed by atoms with Crippen LogP contribution in [0.25, 0.3) is 22.5 Å². The van der Waals surface area contributed by atoms with E-state index in [9.17, 15) is 4.79 Å². The minimum absolute atomic E-state index is 0.216. The number of H-pyrrole nitrogens is 1. The molecule has 6 nitrogen and oxygen atoms in total. The molecule has 2 fully saturated rings. The summed E-state index contributed by atoms with van der Waals surface area (Å²) in [4.78, 5) is 13.2. The summed E-state index contributed by atoms with van der Waals surface area (Å²) in [7, 11) is 1.62. The molecule has 1 aliphatic heterocycles. The van der Waals surface area contributed by atoms with Crippen molar-refractivity contribution in [2.24, 2.45) is 11.3 Å². The maximum absolute atomic E-state index is 13.2. The van der Waals surface area contributed by atoms with Crippen LogP contribution in [0.3, 0.4) is 0 Å². The summed E-state index contributed by atoms with van der Waals surface area (Å²) in [6, 6.07) is 13.7. The lowest BCUT2D eigenvalue weighted by atomic mass is 9.80. The Morgan fingerprint density at radius 2 is 2.00 bits per heavy atom. The summed E-state index contributed by atoms with van der Waals surface area (Å²) in [5.41, 5.74) is 2.46. The van der Waals surface area contributed by atoms with Gasteiger partial charge in [-0.1, -0.05) is 35.9 Å². The van der Waals surface area contributed by atoms with Gasteiger partial charge in [-0.2, -0.15) is 5.10 Å². The molecule has 32 heavy (non-hydrogen) atoms. The lowest BCUT2D eigenvalue weighted by Gasteiger charge is -2.27. The SMILES string of the molecule is COc1ccc(-c2ccc(-c3n[nH]c(=S)n3CC3(C(=O)C4CC4)CCNC3)cc2)c(Cl)c1. The second kappa shape index (κ2) is 8.46. The third-order valence-electron chi connectivity index (χ3n) is 6.56. The molecule has 2 aliphatic rings. The van der Waals surface area contributed by atoms with E-state index >= 15 is 0 Å². The van der Waals surface area contributed by atoms with Crippen LogP contribution >= 0.6 is 23.8 Å². The van der Waals surface area contributed by atoms with Crippen LogP contribution in [0.1, 0.15) is 19.3 Å². The Hall–Kier alpha value is -2.48. The molecule has 2 N–H and O–H groups in total. The highest BCUT2D eigenvalue weighted by molar-refractivity contribution is 7.71. The topological polar surface area (TPSA) is 71.9 Å². The maximum atomic E-state index is 13.2. The van der Waals surface area contributed by atoms with E-state index < -0.39 is 5.41 Å². The van der Waals surface area contributed by atoms with Crippen molar-refractivity contribution in [3.05, 3.63) is 52.3 Å². The largest absolute Gasteiger partial charge is 0.497 e. The number of halogens is 1. The van der Waals surface area contributed by atoms with E-state index in [1.165, 1.54) is 0 Å². The molecule has 1 saturated heterocycles. The zero-order valence-electron chi connectivity index (χ0n) is 17.9. The highest BCUT2D eigenvalue weighted by Crippen LogP contribution is 2.42. The Labute approximate surface area is 196 Å². The Balaban J connectivity index is 1.45. The van der Waals surface area contributed by atoms with E-state index in [1.807, 2.05) is 47.0 Å². The van der Waals surface area contributed by atoms with Gasteiger partial charge in [-0.05, 0) is 61.8 Å². The number of Topliss-reactive ketones (excluding diaryl/α,β-unsaturated/α-hetero) is 1. The van der Waals surface area contributed by atoms with Gasteiger partial charge < -0.3 is 10.1 Å². The number of ketones is 1. The predicted molar refractivity (Wildman–Crippen MR) is 127 cm³/mol. The molecule has 1 aromatic heterocycles. The first-order chi connectivity index (χ1) is 15.5. The molecule has 0 amide bonds. The van der Waals surface area contributed by atoms with Crippen LogP contribution in [0.5, 0.6) is 5.75 Å². The van der Waals surface area contributed by atoms with Crippen LogP contribution in [0.15, 0.2) is 42.5 Å². The molecule has 0 radical (unpaired) electrons. The van der Waals surface area contributed by atoms with Gasteiger partial charge in [-0.25, -0.2) is 0 Å². The summed E-state index contributed by atoms with van der Waals surface area (Å²) in [6.45, 7) is 2.10. The first-order valence-corrected chi connectivity index (χ1v) is 11.6. The zero-order valence-corrected chi connectivity index (χ0v) is 19.4. The number of aromatic nitrogens is 3. The highest BCUT2D eigenvalue weighted by atomic mass is 35.5. The molecular weight excluding hydrogens is 444 g/mol. The van der Waals surface area contributed by atoms with E-state index in [2.05, 4.69) is 15.5 Å². The standard InChI is InChI=1S/C24H25ClN4O2S/c1-31-18-8-9-19(20(25)12-18)15-2-6-17(7-3-15)22-27-28-23(32)29(22)14-24(10-11-26-13-24)21(30)16-4-5-16/h2-3,6-9,12,16,26H,4-5,10-11,13-14H2,1H3,(H,28,32). The van der Waals surface area contributed by atoms with Crippen molar-refractivity contribution in [2.75, 3.05) is 20.2 Å². The fourth-order valence-electron chi connectivity index (χ4n) is 4.59. The molecule has 8 heteroatoms. The third-order valence-corrected chi connectivity index (χ3v) is 7.19. The number of benzene rings is 2. The summed E-state index contributed by atoms with van der Waals surface area (Å²) in [6.07, 6.45) is 2.86. The molecular formula is C24H25ClN4O2S. The van der Waals surface area contributed by atoms with Gasteiger partial charge >= 0.3 is 0 Å². The fourth-order valence-corrected chi connectivity index (χ4v) is 5.06. The number of carbonyl (C=O) groups excluding carboxylic acids is 1. The normalized spacial score (nSPS) is 20.4. The molecule has 0 bridgehead atoms. The van der Waals surface area contributed by atoms with Gasteiger partial charge in [0.05, 0.1) is 17.5 Å². The average Bonchev–Trinajstić information content (AvgIpc) is 3.45. The highest BCUT2D eigenvalue weighted by Gasteiger charge is 2.48. The summed E-state index contributed by atoms with van der Waals surface area (Å²) < 4.78 is 7.76. The molecule has 1 unspecified atom stereocenters. The Morgan fingerprint density at radius 3 is 2.62 bits per heavy atom. The zero-order chi connectivity index (χ0) is 22.3. The molecule has 5 rings (SSSR count). The van der Waals surface area contributed by atoms with Crippen molar-refractivity contribution >= 4 is 29.6 Å². The van der Waals surface area contributed by atoms with Crippen LogP contribution in [0.2, 0.25) is 5.02 Å². The predicted octanol–water partition coefficient (Wildman–Crippen LogP) is 4.90. The smallest absolute Gasteiger partial charge is 0.195 e. The van der Waals surface area contributed by atoms with Crippen LogP contribution in [-0.4, -0.2) is 40.7 Å². The lowest BCUT2D eigenvalue weighted by Crippen LogP contribution is -2.39. The number of nitrogens with zero attached hydrogens (tertiary/aromatic N) is 2. The minimum atomic E-state index is -0.408. The summed E-state index contributed by atoms with van der Waals surface area (Å²) in [5, 5.41) is 11.4. The quantitative estimate of drug-likeness (QED) is 0.483. The molecule has 0 spiro atoms.